The minimum atomic E-state index is -0.994. The largest absolute Gasteiger partial charge is 0.457 e. The molecule has 2 atom stereocenters. The molecule has 3 fully saturated rings. The second-order valence-electron chi connectivity index (χ2n) is 17.6. The first-order valence-corrected chi connectivity index (χ1v) is 22.8. The Morgan fingerprint density at radius 1 is 0.727 bits per heavy atom. The van der Waals surface area contributed by atoms with Crippen molar-refractivity contribution in [2.45, 2.75) is 57.0 Å². The number of hydrogen-bond acceptors (Lipinski definition) is 11. The maximum atomic E-state index is 13.5. The van der Waals surface area contributed by atoms with Crippen LogP contribution >= 0.6 is 0 Å². The van der Waals surface area contributed by atoms with E-state index in [0.29, 0.717) is 74.3 Å². The molecule has 5 aromatic rings. The molecule has 6 heterocycles. The fourth-order valence-corrected chi connectivity index (χ4v) is 10.2. The molecule has 10 rings (SSSR count). The van der Waals surface area contributed by atoms with Gasteiger partial charge in [0.1, 0.15) is 34.6 Å². The molecule has 16 heteroatoms. The number of piperazine rings is 1. The lowest BCUT2D eigenvalue weighted by Crippen LogP contribution is -2.54. The highest BCUT2D eigenvalue weighted by molar-refractivity contribution is 6.23. The third-order valence-electron chi connectivity index (χ3n) is 13.7. The molecule has 0 bridgehead atoms. The Balaban J connectivity index is 0.702. The Hall–Kier alpha value is -7.49. The summed E-state index contributed by atoms with van der Waals surface area (Å²) >= 11 is 0. The number of carbonyl (C=O) groups excluding carboxylic acids is 6. The number of carbonyl (C=O) groups is 6. The normalized spacial score (nSPS) is 19.9. The number of piperidine rings is 2. The molecule has 1 aromatic heterocycles. The third-order valence-corrected chi connectivity index (χ3v) is 13.7. The summed E-state index contributed by atoms with van der Waals surface area (Å²) < 4.78 is 7.93. The van der Waals surface area contributed by atoms with Crippen molar-refractivity contribution >= 4 is 52.6 Å². The smallest absolute Gasteiger partial charge is 0.262 e. The van der Waals surface area contributed by atoms with E-state index < -0.39 is 35.6 Å². The molecule has 16 nitrogen and oxygen atoms in total. The summed E-state index contributed by atoms with van der Waals surface area (Å²) in [6, 6.07) is 29.8. The van der Waals surface area contributed by atoms with Gasteiger partial charge < -0.3 is 30.5 Å². The van der Waals surface area contributed by atoms with E-state index in [-0.39, 0.29) is 35.9 Å². The lowest BCUT2D eigenvalue weighted by atomic mass is 9.86. The number of imide groups is 2. The van der Waals surface area contributed by atoms with Gasteiger partial charge in [-0.05, 0) is 110 Å². The van der Waals surface area contributed by atoms with E-state index in [0.717, 1.165) is 65.5 Å². The molecule has 5 aliphatic heterocycles. The zero-order chi connectivity index (χ0) is 45.5. The Bertz CT molecular complexity index is 2700. The predicted molar refractivity (Wildman–Crippen MR) is 246 cm³/mol. The van der Waals surface area contributed by atoms with Crippen LogP contribution < -0.4 is 30.9 Å². The number of primary amides is 1. The molecular weight excluding hydrogens is 839 g/mol. The number of nitrogens with two attached hydrogens (primary N) is 1. The lowest BCUT2D eigenvalue weighted by molar-refractivity contribution is -0.136. The van der Waals surface area contributed by atoms with Crippen LogP contribution in [-0.4, -0.2) is 107 Å². The second-order valence-corrected chi connectivity index (χ2v) is 17.6. The van der Waals surface area contributed by atoms with Crippen molar-refractivity contribution in [1.82, 2.24) is 24.9 Å². The van der Waals surface area contributed by atoms with E-state index in [9.17, 15) is 28.8 Å². The van der Waals surface area contributed by atoms with Gasteiger partial charge in [-0.2, -0.15) is 5.10 Å². The van der Waals surface area contributed by atoms with Gasteiger partial charge in [0.2, 0.25) is 17.7 Å². The number of nitrogens with zero attached hydrogens (tertiary/aromatic N) is 6. The van der Waals surface area contributed by atoms with Crippen molar-refractivity contribution in [1.29, 1.82) is 0 Å². The molecule has 2 unspecified atom stereocenters. The van der Waals surface area contributed by atoms with Crippen molar-refractivity contribution in [3.63, 3.8) is 0 Å². The monoisotopic (exact) mass is 889 g/mol. The van der Waals surface area contributed by atoms with E-state index >= 15 is 0 Å². The van der Waals surface area contributed by atoms with Gasteiger partial charge in [0.15, 0.2) is 0 Å². The van der Waals surface area contributed by atoms with Crippen molar-refractivity contribution in [2.24, 2.45) is 11.7 Å². The van der Waals surface area contributed by atoms with E-state index in [2.05, 4.69) is 44.7 Å². The number of aromatic nitrogens is 2. The van der Waals surface area contributed by atoms with Crippen molar-refractivity contribution in [3.8, 4) is 22.8 Å². The van der Waals surface area contributed by atoms with Gasteiger partial charge in [-0.1, -0.05) is 30.3 Å². The average Bonchev–Trinajstić information content (AvgIpc) is 3.86. The summed E-state index contributed by atoms with van der Waals surface area (Å²) in [4.78, 5) is 84.5. The number of para-hydroxylation sites is 1. The molecule has 0 aliphatic carbocycles. The summed E-state index contributed by atoms with van der Waals surface area (Å²) in [5, 5.41) is 10.6. The van der Waals surface area contributed by atoms with E-state index in [1.165, 1.54) is 0 Å². The van der Waals surface area contributed by atoms with Gasteiger partial charge in [0, 0.05) is 75.6 Å². The van der Waals surface area contributed by atoms with Crippen LogP contribution in [0.2, 0.25) is 0 Å². The minimum Gasteiger partial charge on any atom is -0.457 e. The maximum absolute atomic E-state index is 13.5. The Kier molecular flexibility index (Phi) is 11.5. The summed E-state index contributed by atoms with van der Waals surface area (Å²) in [6.45, 7) is 4.98. The van der Waals surface area contributed by atoms with Crippen LogP contribution in [0, 0.1) is 5.92 Å². The van der Waals surface area contributed by atoms with Gasteiger partial charge in [-0.3, -0.25) is 39.0 Å². The number of amides is 6. The van der Waals surface area contributed by atoms with E-state index in [1.54, 1.807) is 12.1 Å². The van der Waals surface area contributed by atoms with E-state index in [4.69, 9.17) is 15.6 Å². The molecule has 0 spiro atoms. The molecule has 3 saturated heterocycles. The van der Waals surface area contributed by atoms with Crippen LogP contribution in [0.1, 0.15) is 81.2 Å². The van der Waals surface area contributed by atoms with Crippen LogP contribution in [-0.2, 0) is 20.8 Å². The summed E-state index contributed by atoms with van der Waals surface area (Å²) in [6.07, 6.45) is 3.82. The van der Waals surface area contributed by atoms with Crippen LogP contribution in [0.25, 0.3) is 11.3 Å². The minimum absolute atomic E-state index is 0.0733. The summed E-state index contributed by atoms with van der Waals surface area (Å²) in [7, 11) is 0. The summed E-state index contributed by atoms with van der Waals surface area (Å²) in [5.74, 6) is -0.0732. The molecule has 66 heavy (non-hydrogen) atoms. The lowest BCUT2D eigenvalue weighted by Gasteiger charge is -2.38. The fourth-order valence-electron chi connectivity index (χ4n) is 10.2. The first-order chi connectivity index (χ1) is 32.1. The van der Waals surface area contributed by atoms with Gasteiger partial charge in [-0.15, -0.1) is 0 Å². The van der Waals surface area contributed by atoms with Crippen LogP contribution in [0.15, 0.2) is 97.1 Å². The molecule has 6 amide bonds. The fraction of sp³-hybridized carbons (Fsp3) is 0.340. The van der Waals surface area contributed by atoms with Crippen LogP contribution in [0.5, 0.6) is 11.5 Å². The Labute approximate surface area is 381 Å². The average molecular weight is 890 g/mol. The Morgan fingerprint density at radius 2 is 1.39 bits per heavy atom. The topological polar surface area (TPSA) is 193 Å². The highest BCUT2D eigenvalue weighted by Gasteiger charge is 2.45. The number of benzene rings is 4. The number of likely N-dealkylation sites (tertiary alicyclic amines) is 1. The first kappa shape index (κ1) is 42.5. The van der Waals surface area contributed by atoms with Crippen molar-refractivity contribution in [2.75, 3.05) is 60.9 Å². The zero-order valence-corrected chi connectivity index (χ0v) is 36.5. The number of fused-ring (bicyclic) bond motifs is 2. The quantitative estimate of drug-likeness (QED) is 0.144. The zero-order valence-electron chi connectivity index (χ0n) is 36.5. The number of ether oxygens (including phenoxy) is 1. The van der Waals surface area contributed by atoms with Crippen LogP contribution in [0.3, 0.4) is 0 Å². The number of rotatable bonds is 11. The van der Waals surface area contributed by atoms with Crippen molar-refractivity contribution in [3.05, 3.63) is 119 Å². The van der Waals surface area contributed by atoms with Crippen molar-refractivity contribution < 1.29 is 33.5 Å². The van der Waals surface area contributed by atoms with Gasteiger partial charge in [-0.25, -0.2) is 4.68 Å². The number of hydrogen-bond donors (Lipinski definition) is 3. The number of nitrogens with one attached hydrogen (secondary N) is 2. The molecular formula is C50H51N9O7. The third kappa shape index (κ3) is 8.22. The highest BCUT2D eigenvalue weighted by Crippen LogP contribution is 2.41. The molecule has 5 aliphatic rings. The van der Waals surface area contributed by atoms with Gasteiger partial charge in [0.25, 0.3) is 17.7 Å². The number of anilines is 3. The summed E-state index contributed by atoms with van der Waals surface area (Å²) in [5.41, 5.74) is 11.3. The molecule has 0 saturated carbocycles. The van der Waals surface area contributed by atoms with Gasteiger partial charge in [0.05, 0.1) is 17.2 Å². The number of aryl methyl sites for hydroxylation is 1. The maximum Gasteiger partial charge on any atom is 0.262 e. The molecule has 338 valence electrons. The highest BCUT2D eigenvalue weighted by atomic mass is 16.5. The van der Waals surface area contributed by atoms with Gasteiger partial charge >= 0.3 is 0 Å². The Morgan fingerprint density at radius 3 is 2.09 bits per heavy atom. The SMILES string of the molecule is NC(=O)c1c(-c2ccc(Oc3ccccc3)cc2)nn2c1NCCC2C1CCN(C(=O)CCc2ccc(N3CCN(c4ccc5c(c4)C(=O)N(C4CCC(=O)NC4=O)C5=O)CC3)cc2)CC1. The first-order valence-electron chi connectivity index (χ1n) is 22.8. The second kappa shape index (κ2) is 17.8. The standard InChI is InChI=1S/C50H51N9O7/c51-46(62)44-45(33-9-14-37(15-10-33)66-36-4-2-1-3-5-36)54-59-40(20-23-52-47(44)59)32-21-24-57(25-22-32)43(61)19-8-31-6-11-34(12-7-31)55-26-28-56(29-27-55)35-13-16-38-39(30-35)50(65)58(49(38)64)41-17-18-42(60)53-48(41)63/h1-7,9-16,30,32,40-41,52H,8,17-29H2,(H2,51,62)(H,53,60,63). The molecule has 4 N–H and O–H groups in total. The van der Waals surface area contributed by atoms with Crippen LogP contribution in [0.4, 0.5) is 17.2 Å². The molecule has 0 radical (unpaired) electrons. The van der Waals surface area contributed by atoms with E-state index in [1.807, 2.05) is 70.2 Å². The molecule has 4 aromatic carbocycles. The predicted octanol–water partition coefficient (Wildman–Crippen LogP) is 5.40.